The largest absolute Gasteiger partial charge is 0.451 e. The average molecular weight is 394 g/mol. The minimum Gasteiger partial charge on any atom is -0.451 e. The minimum absolute atomic E-state index is 0.168. The molecule has 146 valence electrons. The first-order chi connectivity index (χ1) is 13.6. The zero-order valence-corrected chi connectivity index (χ0v) is 17.4. The molecule has 1 aromatic heterocycles. The van der Waals surface area contributed by atoms with E-state index in [-0.39, 0.29) is 5.91 Å². The molecule has 0 spiro atoms. The number of carbonyl (C=O) groups is 1. The third-order valence-corrected chi connectivity index (χ3v) is 7.08. The molecule has 1 aliphatic carbocycles. The number of furan rings is 1. The highest BCUT2D eigenvalue weighted by Crippen LogP contribution is 2.35. The molecular weight excluding hydrogens is 366 g/mol. The standard InChI is InChI=1S/C24H27NO2S/c1-16-12-13-18(14-17(16)2)25-24(26)23-21(15-28-19-8-4-3-5-9-19)20-10-6-7-11-22(20)27-23/h6-7,10-14,19H,3-5,8-9,15H2,1-2H3,(H,25,26). The zero-order chi connectivity index (χ0) is 19.5. The van der Waals surface area contributed by atoms with Crippen LogP contribution in [0.5, 0.6) is 0 Å². The molecule has 4 heteroatoms. The molecule has 0 unspecified atom stereocenters. The number of hydrogen-bond acceptors (Lipinski definition) is 3. The van der Waals surface area contributed by atoms with Crippen LogP contribution in [0.3, 0.4) is 0 Å². The van der Waals surface area contributed by atoms with Crippen LogP contribution in [-0.2, 0) is 5.75 Å². The SMILES string of the molecule is Cc1ccc(NC(=O)c2oc3ccccc3c2CSC2CCCCC2)cc1C. The number of hydrogen-bond donors (Lipinski definition) is 1. The van der Waals surface area contributed by atoms with Crippen LogP contribution in [0.1, 0.15) is 59.3 Å². The van der Waals surface area contributed by atoms with Crippen LogP contribution in [0, 0.1) is 13.8 Å². The predicted molar refractivity (Wildman–Crippen MR) is 118 cm³/mol. The Kier molecular flexibility index (Phi) is 5.77. The van der Waals surface area contributed by atoms with E-state index in [1.54, 1.807) is 0 Å². The summed E-state index contributed by atoms with van der Waals surface area (Å²) in [6.07, 6.45) is 6.57. The fraction of sp³-hybridized carbons (Fsp3) is 0.375. The molecule has 0 saturated heterocycles. The van der Waals surface area contributed by atoms with Gasteiger partial charge < -0.3 is 9.73 Å². The van der Waals surface area contributed by atoms with Crippen molar-refractivity contribution in [3.8, 4) is 0 Å². The first kappa shape index (κ1) is 19.1. The van der Waals surface area contributed by atoms with Gasteiger partial charge in [0.15, 0.2) is 5.76 Å². The van der Waals surface area contributed by atoms with Gasteiger partial charge in [0.1, 0.15) is 5.58 Å². The summed E-state index contributed by atoms with van der Waals surface area (Å²) in [6, 6.07) is 13.9. The van der Waals surface area contributed by atoms with Crippen LogP contribution in [0.15, 0.2) is 46.9 Å². The summed E-state index contributed by atoms with van der Waals surface area (Å²) in [5.74, 6) is 1.10. The van der Waals surface area contributed by atoms with Crippen molar-refractivity contribution in [3.63, 3.8) is 0 Å². The van der Waals surface area contributed by atoms with Crippen molar-refractivity contribution in [3.05, 3.63) is 64.9 Å². The van der Waals surface area contributed by atoms with Gasteiger partial charge in [0, 0.05) is 27.6 Å². The second kappa shape index (κ2) is 8.44. The van der Waals surface area contributed by atoms with Crippen molar-refractivity contribution < 1.29 is 9.21 Å². The van der Waals surface area contributed by atoms with Crippen LogP contribution >= 0.6 is 11.8 Å². The number of carbonyl (C=O) groups excluding carboxylic acids is 1. The van der Waals surface area contributed by atoms with Gasteiger partial charge in [0.2, 0.25) is 0 Å². The Labute approximate surface area is 170 Å². The van der Waals surface area contributed by atoms with Gasteiger partial charge in [-0.3, -0.25) is 4.79 Å². The second-order valence-corrected chi connectivity index (χ2v) is 9.02. The van der Waals surface area contributed by atoms with Crippen molar-refractivity contribution in [1.29, 1.82) is 0 Å². The Bertz CT molecular complexity index is 985. The summed E-state index contributed by atoms with van der Waals surface area (Å²) < 4.78 is 6.00. The number of thioether (sulfide) groups is 1. The summed E-state index contributed by atoms with van der Waals surface area (Å²) >= 11 is 1.97. The number of nitrogens with one attached hydrogen (secondary N) is 1. The summed E-state index contributed by atoms with van der Waals surface area (Å²) in [5.41, 5.74) is 4.99. The van der Waals surface area contributed by atoms with Crippen molar-refractivity contribution in [2.75, 3.05) is 5.32 Å². The van der Waals surface area contributed by atoms with Crippen LogP contribution in [0.25, 0.3) is 11.0 Å². The molecule has 0 bridgehead atoms. The number of para-hydroxylation sites is 1. The van der Waals surface area contributed by atoms with Crippen molar-refractivity contribution >= 4 is 34.3 Å². The van der Waals surface area contributed by atoms with E-state index in [1.807, 2.05) is 48.2 Å². The molecule has 1 amide bonds. The quantitative estimate of drug-likeness (QED) is 0.514. The van der Waals surface area contributed by atoms with Gasteiger partial charge in [-0.2, -0.15) is 11.8 Å². The van der Waals surface area contributed by atoms with E-state index in [0.29, 0.717) is 11.0 Å². The van der Waals surface area contributed by atoms with E-state index in [1.165, 1.54) is 37.7 Å². The van der Waals surface area contributed by atoms with Gasteiger partial charge in [-0.05, 0) is 56.0 Å². The van der Waals surface area contributed by atoms with Gasteiger partial charge in [-0.25, -0.2) is 0 Å². The number of rotatable bonds is 5. The number of benzene rings is 2. The van der Waals surface area contributed by atoms with Crippen molar-refractivity contribution in [2.45, 2.75) is 57.0 Å². The highest BCUT2D eigenvalue weighted by molar-refractivity contribution is 7.99. The molecule has 3 nitrogen and oxygen atoms in total. The average Bonchev–Trinajstić information content (AvgIpc) is 3.09. The molecule has 28 heavy (non-hydrogen) atoms. The Morgan fingerprint density at radius 1 is 1.07 bits per heavy atom. The normalized spacial score (nSPS) is 15.1. The van der Waals surface area contributed by atoms with Gasteiger partial charge in [-0.1, -0.05) is 43.5 Å². The van der Waals surface area contributed by atoms with Crippen LogP contribution < -0.4 is 5.32 Å². The van der Waals surface area contributed by atoms with E-state index in [0.717, 1.165) is 33.5 Å². The maximum Gasteiger partial charge on any atom is 0.291 e. The molecule has 3 aromatic rings. The van der Waals surface area contributed by atoms with E-state index in [9.17, 15) is 4.79 Å². The third kappa shape index (κ3) is 4.12. The summed E-state index contributed by atoms with van der Waals surface area (Å²) in [4.78, 5) is 13.0. The van der Waals surface area contributed by atoms with Gasteiger partial charge in [-0.15, -0.1) is 0 Å². The molecular formula is C24H27NO2S. The lowest BCUT2D eigenvalue weighted by Crippen LogP contribution is -2.14. The molecule has 4 rings (SSSR count). The highest BCUT2D eigenvalue weighted by atomic mass is 32.2. The van der Waals surface area contributed by atoms with Crippen molar-refractivity contribution in [1.82, 2.24) is 0 Å². The number of fused-ring (bicyclic) bond motifs is 1. The fourth-order valence-electron chi connectivity index (χ4n) is 3.87. The van der Waals surface area contributed by atoms with E-state index in [4.69, 9.17) is 4.42 Å². The number of anilines is 1. The molecule has 0 aliphatic heterocycles. The van der Waals surface area contributed by atoms with Crippen LogP contribution in [0.2, 0.25) is 0 Å². The lowest BCUT2D eigenvalue weighted by molar-refractivity contribution is 0.0998. The summed E-state index contributed by atoms with van der Waals surface area (Å²) in [7, 11) is 0. The highest BCUT2D eigenvalue weighted by Gasteiger charge is 2.22. The monoisotopic (exact) mass is 393 g/mol. The molecule has 1 heterocycles. The molecule has 1 N–H and O–H groups in total. The molecule has 0 radical (unpaired) electrons. The number of amides is 1. The minimum atomic E-state index is -0.168. The molecule has 0 atom stereocenters. The lowest BCUT2D eigenvalue weighted by Gasteiger charge is -2.20. The number of aryl methyl sites for hydroxylation is 2. The Balaban J connectivity index is 1.59. The Morgan fingerprint density at radius 3 is 2.64 bits per heavy atom. The smallest absolute Gasteiger partial charge is 0.291 e. The third-order valence-electron chi connectivity index (χ3n) is 5.68. The van der Waals surface area contributed by atoms with Crippen LogP contribution in [-0.4, -0.2) is 11.2 Å². The molecule has 1 aliphatic rings. The first-order valence-corrected chi connectivity index (χ1v) is 11.2. The molecule has 1 saturated carbocycles. The first-order valence-electron chi connectivity index (χ1n) is 10.1. The zero-order valence-electron chi connectivity index (χ0n) is 16.6. The van der Waals surface area contributed by atoms with Gasteiger partial charge in [0.05, 0.1) is 0 Å². The van der Waals surface area contributed by atoms with Crippen molar-refractivity contribution in [2.24, 2.45) is 0 Å². The summed E-state index contributed by atoms with van der Waals surface area (Å²) in [6.45, 7) is 4.12. The fourth-order valence-corrected chi connectivity index (χ4v) is 5.22. The maximum atomic E-state index is 13.0. The second-order valence-electron chi connectivity index (χ2n) is 7.73. The summed E-state index contributed by atoms with van der Waals surface area (Å²) in [5, 5.41) is 4.77. The van der Waals surface area contributed by atoms with Crippen LogP contribution in [0.4, 0.5) is 5.69 Å². The van der Waals surface area contributed by atoms with Gasteiger partial charge in [0.25, 0.3) is 5.91 Å². The Hall–Kier alpha value is -2.20. The molecule has 2 aromatic carbocycles. The van der Waals surface area contributed by atoms with E-state index < -0.39 is 0 Å². The lowest BCUT2D eigenvalue weighted by atomic mass is 10.0. The van der Waals surface area contributed by atoms with Gasteiger partial charge >= 0.3 is 0 Å². The topological polar surface area (TPSA) is 42.2 Å². The maximum absolute atomic E-state index is 13.0. The predicted octanol–water partition coefficient (Wildman–Crippen LogP) is 6.87. The van der Waals surface area contributed by atoms with E-state index in [2.05, 4.69) is 25.2 Å². The Morgan fingerprint density at radius 2 is 1.86 bits per heavy atom. The van der Waals surface area contributed by atoms with E-state index >= 15 is 0 Å². The molecule has 1 fully saturated rings.